The standard InChI is InChI=1S/C30H36N2/c1-22-17-23(2)28(24(3)18-22)20-31-19-27-15-10-16-32(27)29(21-31)30(25-11-6-4-7-12-25)26-13-8-5-9-14-26/h4-9,11-14,17-18,27,29-30H,10,15-16,19-21H2,1-3H3. The van der Waals surface area contributed by atoms with Gasteiger partial charge in [0.05, 0.1) is 0 Å². The van der Waals surface area contributed by atoms with Crippen LogP contribution in [0.4, 0.5) is 0 Å². The van der Waals surface area contributed by atoms with E-state index in [1.54, 1.807) is 0 Å². The van der Waals surface area contributed by atoms with Crippen LogP contribution < -0.4 is 0 Å². The normalized spacial score (nSPS) is 21.8. The van der Waals surface area contributed by atoms with E-state index in [1.165, 1.54) is 59.3 Å². The molecule has 2 fully saturated rings. The minimum Gasteiger partial charge on any atom is -0.296 e. The second kappa shape index (κ2) is 9.21. The highest BCUT2D eigenvalue weighted by molar-refractivity contribution is 5.38. The summed E-state index contributed by atoms with van der Waals surface area (Å²) in [5.41, 5.74) is 8.66. The number of piperazine rings is 1. The highest BCUT2D eigenvalue weighted by Gasteiger charge is 2.41. The Hall–Kier alpha value is -2.42. The number of aryl methyl sites for hydroxylation is 3. The van der Waals surface area contributed by atoms with Crippen LogP contribution in [0.15, 0.2) is 72.8 Å². The topological polar surface area (TPSA) is 6.48 Å². The molecule has 2 nitrogen and oxygen atoms in total. The van der Waals surface area contributed by atoms with Crippen molar-refractivity contribution in [1.82, 2.24) is 9.80 Å². The van der Waals surface area contributed by atoms with E-state index in [4.69, 9.17) is 0 Å². The number of rotatable bonds is 5. The van der Waals surface area contributed by atoms with Crippen molar-refractivity contribution in [3.63, 3.8) is 0 Å². The van der Waals surface area contributed by atoms with Gasteiger partial charge in [-0.3, -0.25) is 9.80 Å². The Morgan fingerprint density at radius 3 is 2.00 bits per heavy atom. The molecule has 2 aliphatic rings. The SMILES string of the molecule is Cc1cc(C)c(CN2CC3CCCN3C(C(c3ccccc3)c3ccccc3)C2)c(C)c1. The Labute approximate surface area is 193 Å². The zero-order chi connectivity index (χ0) is 22.1. The fraction of sp³-hybridized carbons (Fsp3) is 0.400. The largest absolute Gasteiger partial charge is 0.296 e. The van der Waals surface area contributed by atoms with Gasteiger partial charge in [0, 0.05) is 37.6 Å². The van der Waals surface area contributed by atoms with Crippen LogP contribution in [0.5, 0.6) is 0 Å². The number of nitrogens with zero attached hydrogens (tertiary/aromatic N) is 2. The van der Waals surface area contributed by atoms with Crippen LogP contribution in [0, 0.1) is 20.8 Å². The van der Waals surface area contributed by atoms with Gasteiger partial charge < -0.3 is 0 Å². The monoisotopic (exact) mass is 424 g/mol. The molecule has 0 aliphatic carbocycles. The van der Waals surface area contributed by atoms with Crippen LogP contribution in [-0.2, 0) is 6.54 Å². The van der Waals surface area contributed by atoms with Gasteiger partial charge >= 0.3 is 0 Å². The minimum absolute atomic E-state index is 0.404. The molecule has 0 spiro atoms. The molecule has 166 valence electrons. The Balaban J connectivity index is 1.50. The molecule has 0 radical (unpaired) electrons. The smallest absolute Gasteiger partial charge is 0.0336 e. The Morgan fingerprint density at radius 1 is 0.812 bits per heavy atom. The van der Waals surface area contributed by atoms with Crippen molar-refractivity contribution < 1.29 is 0 Å². The molecule has 32 heavy (non-hydrogen) atoms. The minimum atomic E-state index is 0.404. The van der Waals surface area contributed by atoms with Gasteiger partial charge in [0.15, 0.2) is 0 Å². The van der Waals surface area contributed by atoms with Crippen molar-refractivity contribution in [2.24, 2.45) is 0 Å². The molecular weight excluding hydrogens is 388 g/mol. The fourth-order valence-corrected chi connectivity index (χ4v) is 6.30. The van der Waals surface area contributed by atoms with Crippen molar-refractivity contribution in [3.05, 3.63) is 106 Å². The summed E-state index contributed by atoms with van der Waals surface area (Å²) in [4.78, 5) is 5.59. The lowest BCUT2D eigenvalue weighted by molar-refractivity contribution is 0.0382. The summed E-state index contributed by atoms with van der Waals surface area (Å²) in [6.07, 6.45) is 2.66. The maximum atomic E-state index is 2.84. The molecule has 2 saturated heterocycles. The van der Waals surface area contributed by atoms with E-state index in [-0.39, 0.29) is 0 Å². The van der Waals surface area contributed by atoms with E-state index in [2.05, 4.69) is 103 Å². The molecule has 2 atom stereocenters. The molecule has 0 saturated carbocycles. The molecule has 0 N–H and O–H groups in total. The van der Waals surface area contributed by atoms with E-state index >= 15 is 0 Å². The van der Waals surface area contributed by atoms with Crippen molar-refractivity contribution in [3.8, 4) is 0 Å². The molecule has 3 aromatic rings. The van der Waals surface area contributed by atoms with Crippen LogP contribution >= 0.6 is 0 Å². The van der Waals surface area contributed by atoms with E-state index in [1.807, 2.05) is 0 Å². The molecule has 0 bridgehead atoms. The quantitative estimate of drug-likeness (QED) is 0.489. The van der Waals surface area contributed by atoms with Gasteiger partial charge in [0.1, 0.15) is 0 Å². The van der Waals surface area contributed by atoms with E-state index < -0.39 is 0 Å². The average Bonchev–Trinajstić information content (AvgIpc) is 3.27. The number of hydrogen-bond acceptors (Lipinski definition) is 2. The van der Waals surface area contributed by atoms with E-state index in [9.17, 15) is 0 Å². The maximum Gasteiger partial charge on any atom is 0.0336 e. The molecule has 2 unspecified atom stereocenters. The molecular formula is C30H36N2. The summed E-state index contributed by atoms with van der Waals surface area (Å²) < 4.78 is 0. The maximum absolute atomic E-state index is 2.84. The van der Waals surface area contributed by atoms with Gasteiger partial charge in [0.2, 0.25) is 0 Å². The van der Waals surface area contributed by atoms with Crippen molar-refractivity contribution in [2.45, 2.75) is 58.2 Å². The van der Waals surface area contributed by atoms with E-state index in [0.29, 0.717) is 18.0 Å². The molecule has 0 amide bonds. The first-order valence-corrected chi connectivity index (χ1v) is 12.2. The first-order chi connectivity index (χ1) is 15.6. The fourth-order valence-electron chi connectivity index (χ4n) is 6.30. The van der Waals surface area contributed by atoms with Gasteiger partial charge in [0.25, 0.3) is 0 Å². The zero-order valence-corrected chi connectivity index (χ0v) is 19.8. The Morgan fingerprint density at radius 2 is 1.41 bits per heavy atom. The number of hydrogen-bond donors (Lipinski definition) is 0. The lowest BCUT2D eigenvalue weighted by atomic mass is 9.82. The summed E-state index contributed by atoms with van der Waals surface area (Å²) >= 11 is 0. The summed E-state index contributed by atoms with van der Waals surface area (Å²) in [6.45, 7) is 11.4. The first-order valence-electron chi connectivity index (χ1n) is 12.2. The molecule has 3 aromatic carbocycles. The average molecular weight is 425 g/mol. The lowest BCUT2D eigenvalue weighted by Crippen LogP contribution is -2.57. The van der Waals surface area contributed by atoms with Crippen LogP contribution in [0.25, 0.3) is 0 Å². The first kappa shape index (κ1) is 21.4. The molecule has 2 heteroatoms. The number of benzene rings is 3. The summed E-state index contributed by atoms with van der Waals surface area (Å²) in [7, 11) is 0. The Kier molecular flexibility index (Phi) is 6.17. The molecule has 5 rings (SSSR count). The van der Waals surface area contributed by atoms with E-state index in [0.717, 1.165) is 13.1 Å². The zero-order valence-electron chi connectivity index (χ0n) is 19.8. The third-order valence-corrected chi connectivity index (χ3v) is 7.69. The van der Waals surface area contributed by atoms with Gasteiger partial charge in [-0.15, -0.1) is 0 Å². The highest BCUT2D eigenvalue weighted by atomic mass is 15.3. The van der Waals surface area contributed by atoms with Gasteiger partial charge in [-0.2, -0.15) is 0 Å². The summed E-state index contributed by atoms with van der Waals surface area (Å²) in [6, 6.07) is 28.3. The van der Waals surface area contributed by atoms with Gasteiger partial charge in [-0.05, 0) is 68.0 Å². The second-order valence-corrected chi connectivity index (χ2v) is 9.97. The third-order valence-electron chi connectivity index (χ3n) is 7.69. The molecule has 2 aliphatic heterocycles. The third kappa shape index (κ3) is 4.27. The lowest BCUT2D eigenvalue weighted by Gasteiger charge is -2.47. The summed E-state index contributed by atoms with van der Waals surface area (Å²) in [5, 5.41) is 0. The van der Waals surface area contributed by atoms with Crippen molar-refractivity contribution in [2.75, 3.05) is 19.6 Å². The van der Waals surface area contributed by atoms with Gasteiger partial charge in [-0.25, -0.2) is 0 Å². The number of fused-ring (bicyclic) bond motifs is 1. The van der Waals surface area contributed by atoms with Crippen LogP contribution in [0.1, 0.15) is 52.1 Å². The van der Waals surface area contributed by atoms with Crippen LogP contribution in [0.3, 0.4) is 0 Å². The highest BCUT2D eigenvalue weighted by Crippen LogP contribution is 2.38. The predicted octanol–water partition coefficient (Wildman–Crippen LogP) is 6.09. The van der Waals surface area contributed by atoms with Crippen molar-refractivity contribution in [1.29, 1.82) is 0 Å². The van der Waals surface area contributed by atoms with Crippen LogP contribution in [0.2, 0.25) is 0 Å². The second-order valence-electron chi connectivity index (χ2n) is 9.97. The van der Waals surface area contributed by atoms with Crippen molar-refractivity contribution >= 4 is 0 Å². The Bertz CT molecular complexity index is 980. The van der Waals surface area contributed by atoms with Gasteiger partial charge in [-0.1, -0.05) is 78.4 Å². The summed E-state index contributed by atoms with van der Waals surface area (Å²) in [5.74, 6) is 0.404. The molecule has 0 aromatic heterocycles. The predicted molar refractivity (Wildman–Crippen MR) is 134 cm³/mol. The van der Waals surface area contributed by atoms with Crippen LogP contribution in [-0.4, -0.2) is 41.5 Å². The molecule has 2 heterocycles.